The maximum atomic E-state index is 12.8. The topological polar surface area (TPSA) is 72.5 Å². The largest absolute Gasteiger partial charge is 0.413 e. The van der Waals surface area contributed by atoms with E-state index < -0.39 is 35.6 Å². The summed E-state index contributed by atoms with van der Waals surface area (Å²) >= 11 is 0. The third kappa shape index (κ3) is 3.43. The van der Waals surface area contributed by atoms with E-state index in [1.807, 2.05) is 0 Å². The summed E-state index contributed by atoms with van der Waals surface area (Å²) in [4.78, 5) is 12.3. The smallest absolute Gasteiger partial charge is 0.229 e. The minimum Gasteiger partial charge on any atom is -0.413 e. The summed E-state index contributed by atoms with van der Waals surface area (Å²) in [6.07, 6.45) is -0.442. The third-order valence-electron chi connectivity index (χ3n) is 5.11. The van der Waals surface area contributed by atoms with Crippen LogP contribution in [-0.2, 0) is 19.1 Å². The van der Waals surface area contributed by atoms with Gasteiger partial charge in [0.15, 0.2) is 18.2 Å². The molecular formula is C17H27NO4SSi. The van der Waals surface area contributed by atoms with Crippen molar-refractivity contribution in [1.82, 2.24) is 5.32 Å². The molecule has 1 aromatic rings. The molecule has 1 aliphatic rings. The molecule has 1 aliphatic heterocycles. The van der Waals surface area contributed by atoms with Gasteiger partial charge in [-0.1, -0.05) is 39.0 Å². The van der Waals surface area contributed by atoms with Crippen molar-refractivity contribution in [2.24, 2.45) is 5.92 Å². The molecule has 0 aliphatic carbocycles. The van der Waals surface area contributed by atoms with Crippen LogP contribution in [-0.4, -0.2) is 34.1 Å². The standard InChI is InChI=1S/C17H27NO4SSi/c1-12(22-24(5,6)17(2,3)4)14-15(19)18-16(14)23(20,21)13-10-8-7-9-11-13/h7-12,14,16H,1-6H3,(H,18,19)/t12-,14+,16?/m1/s1. The zero-order chi connectivity index (χ0) is 18.3. The predicted octanol–water partition coefficient (Wildman–Crippen LogP) is 2.94. The molecule has 0 aromatic heterocycles. The molecule has 3 atom stereocenters. The molecule has 0 spiro atoms. The fourth-order valence-corrected chi connectivity index (χ4v) is 5.83. The lowest BCUT2D eigenvalue weighted by molar-refractivity contribution is -0.136. The first-order chi connectivity index (χ1) is 10.9. The molecule has 1 unspecified atom stereocenters. The Balaban J connectivity index is 2.23. The average Bonchev–Trinajstić information content (AvgIpc) is 2.43. The molecule has 1 aromatic carbocycles. The minimum atomic E-state index is -3.62. The lowest BCUT2D eigenvalue weighted by Gasteiger charge is -2.44. The van der Waals surface area contributed by atoms with E-state index >= 15 is 0 Å². The van der Waals surface area contributed by atoms with E-state index in [4.69, 9.17) is 4.43 Å². The van der Waals surface area contributed by atoms with Crippen molar-refractivity contribution >= 4 is 24.1 Å². The first-order valence-corrected chi connectivity index (χ1v) is 12.6. The van der Waals surface area contributed by atoms with Crippen LogP contribution in [0.25, 0.3) is 0 Å². The molecule has 5 nitrogen and oxygen atoms in total. The number of hydrogen-bond donors (Lipinski definition) is 1. The Hall–Kier alpha value is -1.18. The van der Waals surface area contributed by atoms with Gasteiger partial charge in [0.25, 0.3) is 0 Å². The summed E-state index contributed by atoms with van der Waals surface area (Å²) in [5.41, 5.74) is 0. The van der Waals surface area contributed by atoms with Crippen LogP contribution in [0.5, 0.6) is 0 Å². The Kier molecular flexibility index (Phi) is 5.01. The normalized spacial score (nSPS) is 23.3. The van der Waals surface area contributed by atoms with Gasteiger partial charge in [-0.2, -0.15) is 0 Å². The number of β-lactam (4-membered cyclic amide) rings is 1. The molecule has 1 saturated heterocycles. The second-order valence-electron chi connectivity index (χ2n) is 7.90. The van der Waals surface area contributed by atoms with Gasteiger partial charge in [-0.05, 0) is 37.2 Å². The monoisotopic (exact) mass is 369 g/mol. The van der Waals surface area contributed by atoms with Gasteiger partial charge in [-0.3, -0.25) is 4.79 Å². The van der Waals surface area contributed by atoms with Crippen LogP contribution in [0.2, 0.25) is 18.1 Å². The van der Waals surface area contributed by atoms with E-state index in [1.165, 1.54) is 0 Å². The highest BCUT2D eigenvalue weighted by molar-refractivity contribution is 7.92. The maximum Gasteiger partial charge on any atom is 0.229 e. The molecule has 1 N–H and O–H groups in total. The number of benzene rings is 1. The summed E-state index contributed by atoms with van der Waals surface area (Å²) in [6.45, 7) is 12.3. The SMILES string of the molecule is C[C@@H](O[Si](C)(C)C(C)(C)C)[C@H]1C(=O)NC1S(=O)(=O)c1ccccc1. The van der Waals surface area contributed by atoms with Crippen molar-refractivity contribution in [2.75, 3.05) is 0 Å². The summed E-state index contributed by atoms with van der Waals surface area (Å²) in [6, 6.07) is 8.22. The van der Waals surface area contributed by atoms with Gasteiger partial charge in [-0.25, -0.2) is 8.42 Å². The fourth-order valence-electron chi connectivity index (χ4n) is 2.57. The molecular weight excluding hydrogens is 342 g/mol. The van der Waals surface area contributed by atoms with Crippen LogP contribution in [0.4, 0.5) is 0 Å². The van der Waals surface area contributed by atoms with E-state index in [2.05, 4.69) is 39.2 Å². The average molecular weight is 370 g/mol. The summed E-state index contributed by atoms with van der Waals surface area (Å²) in [7, 11) is -5.70. The zero-order valence-corrected chi connectivity index (χ0v) is 17.0. The van der Waals surface area contributed by atoms with Crippen molar-refractivity contribution in [3.05, 3.63) is 30.3 Å². The second-order valence-corrected chi connectivity index (χ2v) is 14.7. The number of amides is 1. The van der Waals surface area contributed by atoms with Crippen LogP contribution in [0.3, 0.4) is 0 Å². The fraction of sp³-hybridized carbons (Fsp3) is 0.588. The predicted molar refractivity (Wildman–Crippen MR) is 96.8 cm³/mol. The van der Waals surface area contributed by atoms with E-state index in [0.717, 1.165) is 0 Å². The summed E-state index contributed by atoms with van der Waals surface area (Å²) in [5.74, 6) is -0.935. The Morgan fingerprint density at radius 1 is 1.17 bits per heavy atom. The van der Waals surface area contributed by atoms with E-state index in [0.29, 0.717) is 0 Å². The van der Waals surface area contributed by atoms with Crippen LogP contribution in [0, 0.1) is 5.92 Å². The van der Waals surface area contributed by atoms with Gasteiger partial charge in [0.2, 0.25) is 5.91 Å². The molecule has 1 fully saturated rings. The van der Waals surface area contributed by atoms with Gasteiger partial charge in [-0.15, -0.1) is 0 Å². The number of nitrogens with one attached hydrogen (secondary N) is 1. The van der Waals surface area contributed by atoms with Crippen LogP contribution in [0.1, 0.15) is 27.7 Å². The van der Waals surface area contributed by atoms with Gasteiger partial charge in [0, 0.05) is 0 Å². The van der Waals surface area contributed by atoms with Crippen LogP contribution >= 0.6 is 0 Å². The molecule has 24 heavy (non-hydrogen) atoms. The van der Waals surface area contributed by atoms with Gasteiger partial charge >= 0.3 is 0 Å². The highest BCUT2D eigenvalue weighted by atomic mass is 32.2. The molecule has 0 bridgehead atoms. The van der Waals surface area contributed by atoms with Crippen LogP contribution < -0.4 is 5.32 Å². The lowest BCUT2D eigenvalue weighted by atomic mass is 9.96. The second kappa shape index (κ2) is 6.27. The van der Waals surface area contributed by atoms with Crippen LogP contribution in [0.15, 0.2) is 35.2 Å². The summed E-state index contributed by atoms with van der Waals surface area (Å²) < 4.78 is 31.8. The molecule has 1 amide bonds. The van der Waals surface area contributed by atoms with Gasteiger partial charge in [0.05, 0.1) is 16.9 Å². The zero-order valence-electron chi connectivity index (χ0n) is 15.2. The molecule has 2 rings (SSSR count). The lowest BCUT2D eigenvalue weighted by Crippen LogP contribution is -2.66. The molecule has 1 heterocycles. The number of hydrogen-bond acceptors (Lipinski definition) is 4. The van der Waals surface area contributed by atoms with Crippen molar-refractivity contribution in [3.8, 4) is 0 Å². The Morgan fingerprint density at radius 3 is 2.17 bits per heavy atom. The van der Waals surface area contributed by atoms with Crippen molar-refractivity contribution in [3.63, 3.8) is 0 Å². The molecule has 0 radical (unpaired) electrons. The number of carbonyl (C=O) groups is 1. The highest BCUT2D eigenvalue weighted by Gasteiger charge is 2.53. The first kappa shape index (κ1) is 19.1. The summed E-state index contributed by atoms with van der Waals surface area (Å²) in [5, 5.41) is 1.62. The van der Waals surface area contributed by atoms with Crippen molar-refractivity contribution in [1.29, 1.82) is 0 Å². The van der Waals surface area contributed by atoms with Gasteiger partial charge in [0.1, 0.15) is 5.37 Å². The van der Waals surface area contributed by atoms with E-state index in [9.17, 15) is 13.2 Å². The Morgan fingerprint density at radius 2 is 1.71 bits per heavy atom. The Labute approximate surface area is 145 Å². The van der Waals surface area contributed by atoms with Crippen molar-refractivity contribution < 1.29 is 17.6 Å². The highest BCUT2D eigenvalue weighted by Crippen LogP contribution is 2.39. The number of sulfone groups is 1. The maximum absolute atomic E-state index is 12.8. The quantitative estimate of drug-likeness (QED) is 0.640. The molecule has 0 saturated carbocycles. The third-order valence-corrected chi connectivity index (χ3v) is 11.7. The van der Waals surface area contributed by atoms with E-state index in [1.54, 1.807) is 37.3 Å². The van der Waals surface area contributed by atoms with E-state index in [-0.39, 0.29) is 15.8 Å². The molecule has 134 valence electrons. The first-order valence-electron chi connectivity index (χ1n) is 8.15. The molecule has 7 heteroatoms. The Bertz CT molecular complexity index is 710. The minimum absolute atomic E-state index is 0.00468. The number of carbonyl (C=O) groups excluding carboxylic acids is 1. The van der Waals surface area contributed by atoms with Gasteiger partial charge < -0.3 is 9.74 Å². The number of rotatable bonds is 5. The van der Waals surface area contributed by atoms with Crippen molar-refractivity contribution in [2.45, 2.75) is 62.2 Å².